The summed E-state index contributed by atoms with van der Waals surface area (Å²) in [7, 11) is 0. The van der Waals surface area contributed by atoms with E-state index in [0.29, 0.717) is 0 Å². The molecular formula is C24H25ClN2O4. The van der Waals surface area contributed by atoms with Gasteiger partial charge in [-0.3, -0.25) is 9.80 Å². The molecule has 1 heterocycles. The molecule has 6 nitrogen and oxygen atoms in total. The molecule has 2 N–H and O–H groups in total. The first-order chi connectivity index (χ1) is 14.9. The second-order valence-electron chi connectivity index (χ2n) is 7.39. The number of fused-ring (bicyclic) bond motifs is 1. The van der Waals surface area contributed by atoms with Gasteiger partial charge in [-0.25, -0.2) is 9.59 Å². The van der Waals surface area contributed by atoms with Crippen molar-refractivity contribution in [3.63, 3.8) is 0 Å². The molecule has 31 heavy (non-hydrogen) atoms. The molecule has 1 aliphatic heterocycles. The Labute approximate surface area is 186 Å². The molecule has 3 aromatic carbocycles. The number of aliphatic carboxylic acids is 2. The van der Waals surface area contributed by atoms with Gasteiger partial charge in [0.2, 0.25) is 0 Å². The number of piperazine rings is 1. The summed E-state index contributed by atoms with van der Waals surface area (Å²) in [6.07, 6.45) is 0. The van der Waals surface area contributed by atoms with Crippen LogP contribution in [0.3, 0.4) is 0 Å². The van der Waals surface area contributed by atoms with E-state index in [1.807, 2.05) is 12.1 Å². The molecule has 7 heteroatoms. The fourth-order valence-corrected chi connectivity index (χ4v) is 3.84. The fourth-order valence-electron chi connectivity index (χ4n) is 3.64. The standard InChI is InChI=1S/C22H23ClN2.C2H2O4/c23-22-11-4-2-7-20(22)17-25-14-12-24(13-15-25)16-19-9-5-8-18-6-1-3-10-21(18)19;3-1(4)2(5)6/h1-11H,12-17H2;(H,3,4)(H,5,6). The highest BCUT2D eigenvalue weighted by Crippen LogP contribution is 2.21. The molecule has 0 aliphatic carbocycles. The van der Waals surface area contributed by atoms with Crippen LogP contribution in [0.15, 0.2) is 66.7 Å². The zero-order chi connectivity index (χ0) is 22.2. The number of nitrogens with zero attached hydrogens (tertiary/aromatic N) is 2. The molecule has 4 rings (SSSR count). The first-order valence-corrected chi connectivity index (χ1v) is 10.4. The second kappa shape index (κ2) is 10.9. The third-order valence-corrected chi connectivity index (χ3v) is 5.64. The van der Waals surface area contributed by atoms with E-state index in [1.54, 1.807) is 0 Å². The van der Waals surface area contributed by atoms with Crippen molar-refractivity contribution in [3.8, 4) is 0 Å². The molecule has 0 saturated carbocycles. The van der Waals surface area contributed by atoms with Crippen LogP contribution in [-0.4, -0.2) is 58.1 Å². The molecule has 0 aromatic heterocycles. The monoisotopic (exact) mass is 440 g/mol. The van der Waals surface area contributed by atoms with Gasteiger partial charge in [-0.1, -0.05) is 72.3 Å². The van der Waals surface area contributed by atoms with Gasteiger partial charge in [-0.05, 0) is 28.0 Å². The fraction of sp³-hybridized carbons (Fsp3) is 0.250. The molecule has 0 unspecified atom stereocenters. The zero-order valence-electron chi connectivity index (χ0n) is 17.1. The number of halogens is 1. The van der Waals surface area contributed by atoms with Gasteiger partial charge in [0.1, 0.15) is 0 Å². The maximum absolute atomic E-state index is 9.10. The molecule has 0 radical (unpaired) electrons. The first kappa shape index (κ1) is 22.7. The maximum atomic E-state index is 9.10. The lowest BCUT2D eigenvalue weighted by Gasteiger charge is -2.35. The molecule has 0 atom stereocenters. The summed E-state index contributed by atoms with van der Waals surface area (Å²) in [5.74, 6) is -3.65. The van der Waals surface area contributed by atoms with Crippen LogP contribution in [0.1, 0.15) is 11.1 Å². The van der Waals surface area contributed by atoms with E-state index < -0.39 is 11.9 Å². The van der Waals surface area contributed by atoms with Gasteiger partial charge in [0.05, 0.1) is 0 Å². The predicted molar refractivity (Wildman–Crippen MR) is 121 cm³/mol. The van der Waals surface area contributed by atoms with Crippen LogP contribution < -0.4 is 0 Å². The minimum absolute atomic E-state index is 0.876. The van der Waals surface area contributed by atoms with Gasteiger partial charge in [-0.15, -0.1) is 0 Å². The smallest absolute Gasteiger partial charge is 0.414 e. The summed E-state index contributed by atoms with van der Waals surface area (Å²) in [6, 6.07) is 23.5. The Kier molecular flexibility index (Phi) is 8.00. The molecule has 1 saturated heterocycles. The van der Waals surface area contributed by atoms with Crippen molar-refractivity contribution in [1.29, 1.82) is 0 Å². The summed E-state index contributed by atoms with van der Waals surface area (Å²) >= 11 is 6.30. The Morgan fingerprint density at radius 3 is 1.81 bits per heavy atom. The lowest BCUT2D eigenvalue weighted by molar-refractivity contribution is -0.159. The number of benzene rings is 3. The molecule has 0 spiro atoms. The molecule has 1 aliphatic rings. The van der Waals surface area contributed by atoms with Gasteiger partial charge < -0.3 is 10.2 Å². The van der Waals surface area contributed by atoms with E-state index in [0.717, 1.165) is 44.3 Å². The van der Waals surface area contributed by atoms with Gasteiger partial charge in [-0.2, -0.15) is 0 Å². The van der Waals surface area contributed by atoms with Crippen molar-refractivity contribution in [2.45, 2.75) is 13.1 Å². The van der Waals surface area contributed by atoms with Crippen molar-refractivity contribution in [2.24, 2.45) is 0 Å². The van der Waals surface area contributed by atoms with Crippen molar-refractivity contribution in [3.05, 3.63) is 82.9 Å². The van der Waals surface area contributed by atoms with E-state index in [9.17, 15) is 0 Å². The van der Waals surface area contributed by atoms with E-state index in [1.165, 1.54) is 21.9 Å². The van der Waals surface area contributed by atoms with Gasteiger partial charge in [0.15, 0.2) is 0 Å². The second-order valence-corrected chi connectivity index (χ2v) is 7.80. The summed E-state index contributed by atoms with van der Waals surface area (Å²) in [5.41, 5.74) is 2.66. The average Bonchev–Trinajstić information content (AvgIpc) is 2.77. The van der Waals surface area contributed by atoms with Crippen LogP contribution in [-0.2, 0) is 22.7 Å². The van der Waals surface area contributed by atoms with Crippen LogP contribution in [0.2, 0.25) is 5.02 Å². The zero-order valence-corrected chi connectivity index (χ0v) is 17.8. The quantitative estimate of drug-likeness (QED) is 0.597. The minimum Gasteiger partial charge on any atom is -0.473 e. The number of carboxylic acid groups (broad SMARTS) is 2. The van der Waals surface area contributed by atoms with E-state index in [-0.39, 0.29) is 0 Å². The number of carboxylic acids is 2. The molecule has 162 valence electrons. The third kappa shape index (κ3) is 6.52. The predicted octanol–water partition coefficient (Wildman–Crippen LogP) is 3.97. The summed E-state index contributed by atoms with van der Waals surface area (Å²) in [5, 5.41) is 18.4. The Morgan fingerprint density at radius 1 is 0.710 bits per heavy atom. The highest BCUT2D eigenvalue weighted by molar-refractivity contribution is 6.31. The van der Waals surface area contributed by atoms with Crippen LogP contribution in [0.4, 0.5) is 0 Å². The van der Waals surface area contributed by atoms with E-state index in [2.05, 4.69) is 64.4 Å². The number of hydrogen-bond acceptors (Lipinski definition) is 4. The van der Waals surface area contributed by atoms with Crippen LogP contribution in [0.5, 0.6) is 0 Å². The van der Waals surface area contributed by atoms with E-state index in [4.69, 9.17) is 31.4 Å². The number of carbonyl (C=O) groups is 2. The third-order valence-electron chi connectivity index (χ3n) is 5.27. The molecule has 1 fully saturated rings. The highest BCUT2D eigenvalue weighted by Gasteiger charge is 2.18. The van der Waals surface area contributed by atoms with Crippen LogP contribution in [0, 0.1) is 0 Å². The average molecular weight is 441 g/mol. The Morgan fingerprint density at radius 2 is 1.19 bits per heavy atom. The summed E-state index contributed by atoms with van der Waals surface area (Å²) < 4.78 is 0. The first-order valence-electron chi connectivity index (χ1n) is 10.0. The maximum Gasteiger partial charge on any atom is 0.414 e. The van der Waals surface area contributed by atoms with Crippen LogP contribution in [0.25, 0.3) is 10.8 Å². The minimum atomic E-state index is -1.82. The topological polar surface area (TPSA) is 81.1 Å². The Hall–Kier alpha value is -2.93. The van der Waals surface area contributed by atoms with Crippen LogP contribution >= 0.6 is 11.6 Å². The SMILES string of the molecule is Clc1ccccc1CN1CCN(Cc2cccc3ccccc23)CC1.O=C(O)C(=O)O. The van der Waals surface area contributed by atoms with Crippen molar-refractivity contribution in [1.82, 2.24) is 9.80 Å². The van der Waals surface area contributed by atoms with Gasteiger partial charge >= 0.3 is 11.9 Å². The lowest BCUT2D eigenvalue weighted by Crippen LogP contribution is -2.45. The summed E-state index contributed by atoms with van der Waals surface area (Å²) in [6.45, 7) is 6.37. The van der Waals surface area contributed by atoms with Crippen molar-refractivity contribution < 1.29 is 19.8 Å². The molecule has 3 aromatic rings. The van der Waals surface area contributed by atoms with Crippen molar-refractivity contribution in [2.75, 3.05) is 26.2 Å². The largest absolute Gasteiger partial charge is 0.473 e. The Balaban J connectivity index is 0.000000401. The lowest BCUT2D eigenvalue weighted by atomic mass is 10.0. The summed E-state index contributed by atoms with van der Waals surface area (Å²) in [4.78, 5) is 23.3. The van der Waals surface area contributed by atoms with E-state index >= 15 is 0 Å². The molecule has 0 bridgehead atoms. The highest BCUT2D eigenvalue weighted by atomic mass is 35.5. The Bertz CT molecular complexity index is 1030. The number of rotatable bonds is 4. The number of hydrogen-bond donors (Lipinski definition) is 2. The molecular weight excluding hydrogens is 416 g/mol. The molecule has 0 amide bonds. The van der Waals surface area contributed by atoms with Crippen molar-refractivity contribution >= 4 is 34.3 Å². The normalized spacial score (nSPS) is 14.6. The van der Waals surface area contributed by atoms with Gasteiger partial charge in [0.25, 0.3) is 0 Å². The van der Waals surface area contributed by atoms with Gasteiger partial charge in [0, 0.05) is 44.3 Å².